The number of halogens is 1. The van der Waals surface area contributed by atoms with Crippen LogP contribution in [0.5, 0.6) is 0 Å². The van der Waals surface area contributed by atoms with E-state index in [0.717, 1.165) is 22.2 Å². The number of esters is 1. The highest BCUT2D eigenvalue weighted by Crippen LogP contribution is 2.29. The van der Waals surface area contributed by atoms with Crippen molar-refractivity contribution in [2.24, 2.45) is 0 Å². The molecule has 2 aromatic carbocycles. The number of carbonyl (C=O) groups excluding carboxylic acids is 1. The van der Waals surface area contributed by atoms with Gasteiger partial charge in [-0.1, -0.05) is 41.9 Å². The minimum absolute atomic E-state index is 0.0150. The van der Waals surface area contributed by atoms with Crippen molar-refractivity contribution in [2.75, 3.05) is 18.5 Å². The van der Waals surface area contributed by atoms with Gasteiger partial charge in [0.2, 0.25) is 5.95 Å². The van der Waals surface area contributed by atoms with Crippen molar-refractivity contribution < 1.29 is 9.53 Å². The fourth-order valence-electron chi connectivity index (χ4n) is 2.36. The Morgan fingerprint density at radius 1 is 1.17 bits per heavy atom. The van der Waals surface area contributed by atoms with Gasteiger partial charge in [0.1, 0.15) is 6.54 Å². The molecule has 1 aromatic heterocycles. The van der Waals surface area contributed by atoms with Crippen molar-refractivity contribution in [1.29, 1.82) is 0 Å². The topological polar surface area (TPSA) is 64.1 Å². The van der Waals surface area contributed by atoms with E-state index in [1.54, 1.807) is 13.0 Å². The fourth-order valence-corrected chi connectivity index (χ4v) is 2.53. The van der Waals surface area contributed by atoms with Crippen molar-refractivity contribution in [3.05, 3.63) is 53.6 Å². The number of carbonyl (C=O) groups is 1. The monoisotopic (exact) mass is 341 g/mol. The van der Waals surface area contributed by atoms with Gasteiger partial charge >= 0.3 is 5.97 Å². The first-order chi connectivity index (χ1) is 11.7. The first-order valence-electron chi connectivity index (χ1n) is 7.59. The Kier molecular flexibility index (Phi) is 4.91. The fraction of sp³-hybridized carbons (Fsp3) is 0.167. The van der Waals surface area contributed by atoms with Crippen LogP contribution in [0.1, 0.15) is 6.92 Å². The predicted molar refractivity (Wildman–Crippen MR) is 95.1 cm³/mol. The van der Waals surface area contributed by atoms with Crippen LogP contribution < -0.4 is 5.32 Å². The van der Waals surface area contributed by atoms with E-state index in [1.807, 2.05) is 42.5 Å². The number of nitrogens with zero attached hydrogens (tertiary/aromatic N) is 2. The summed E-state index contributed by atoms with van der Waals surface area (Å²) >= 11 is 6.12. The van der Waals surface area contributed by atoms with E-state index >= 15 is 0 Å². The average molecular weight is 342 g/mol. The van der Waals surface area contributed by atoms with Gasteiger partial charge in [0.15, 0.2) is 0 Å². The van der Waals surface area contributed by atoms with Crippen LogP contribution in [0.3, 0.4) is 0 Å². The highest BCUT2D eigenvalue weighted by atomic mass is 35.5. The second-order valence-electron chi connectivity index (χ2n) is 5.08. The van der Waals surface area contributed by atoms with E-state index in [2.05, 4.69) is 15.3 Å². The lowest BCUT2D eigenvalue weighted by molar-refractivity contribution is -0.140. The molecule has 1 heterocycles. The van der Waals surface area contributed by atoms with E-state index in [-0.39, 0.29) is 12.5 Å². The van der Waals surface area contributed by atoms with Gasteiger partial charge in [-0.3, -0.25) is 4.79 Å². The third-order valence-corrected chi connectivity index (χ3v) is 3.64. The van der Waals surface area contributed by atoms with Gasteiger partial charge in [-0.15, -0.1) is 0 Å². The molecule has 0 aliphatic carbocycles. The predicted octanol–water partition coefficient (Wildman–Crippen LogP) is 3.93. The molecular formula is C18H16ClN3O2. The van der Waals surface area contributed by atoms with Gasteiger partial charge in [0, 0.05) is 16.0 Å². The minimum atomic E-state index is -0.349. The van der Waals surface area contributed by atoms with Gasteiger partial charge in [-0.05, 0) is 25.1 Å². The Morgan fingerprint density at radius 2 is 1.96 bits per heavy atom. The lowest BCUT2D eigenvalue weighted by atomic mass is 10.1. The molecule has 3 rings (SSSR count). The van der Waals surface area contributed by atoms with Crippen LogP contribution in [0.15, 0.2) is 48.5 Å². The molecule has 122 valence electrons. The molecule has 0 amide bonds. The normalized spacial score (nSPS) is 10.6. The molecule has 0 radical (unpaired) electrons. The van der Waals surface area contributed by atoms with Crippen molar-refractivity contribution in [1.82, 2.24) is 9.97 Å². The molecule has 3 aromatic rings. The summed E-state index contributed by atoms with van der Waals surface area (Å²) in [6, 6.07) is 15.2. The Labute approximate surface area is 144 Å². The Balaban J connectivity index is 2.03. The summed E-state index contributed by atoms with van der Waals surface area (Å²) in [4.78, 5) is 20.5. The zero-order chi connectivity index (χ0) is 16.9. The number of hydrogen-bond acceptors (Lipinski definition) is 5. The highest BCUT2D eigenvalue weighted by molar-refractivity contribution is 6.31. The van der Waals surface area contributed by atoms with E-state index in [0.29, 0.717) is 17.6 Å². The summed E-state index contributed by atoms with van der Waals surface area (Å²) in [5.41, 5.74) is 2.46. The van der Waals surface area contributed by atoms with Crippen LogP contribution in [0.4, 0.5) is 5.95 Å². The van der Waals surface area contributed by atoms with Gasteiger partial charge in [0.05, 0.1) is 17.8 Å². The second-order valence-corrected chi connectivity index (χ2v) is 5.52. The average Bonchev–Trinajstić information content (AvgIpc) is 2.60. The third-order valence-electron chi connectivity index (χ3n) is 3.40. The largest absolute Gasteiger partial charge is 0.465 e. The second kappa shape index (κ2) is 7.27. The Hall–Kier alpha value is -2.66. The lowest BCUT2D eigenvalue weighted by Gasteiger charge is -2.10. The Morgan fingerprint density at radius 3 is 2.71 bits per heavy atom. The van der Waals surface area contributed by atoms with Crippen LogP contribution in [-0.4, -0.2) is 29.1 Å². The summed E-state index contributed by atoms with van der Waals surface area (Å²) in [6.45, 7) is 2.12. The quantitative estimate of drug-likeness (QED) is 0.712. The molecule has 0 aliphatic heterocycles. The molecule has 1 N–H and O–H groups in total. The molecule has 0 atom stereocenters. The van der Waals surface area contributed by atoms with Gasteiger partial charge in [-0.2, -0.15) is 0 Å². The van der Waals surface area contributed by atoms with Crippen molar-refractivity contribution in [2.45, 2.75) is 6.92 Å². The van der Waals surface area contributed by atoms with Crippen molar-refractivity contribution in [3.63, 3.8) is 0 Å². The Bertz CT molecular complexity index is 869. The van der Waals surface area contributed by atoms with E-state index in [4.69, 9.17) is 16.3 Å². The molecule has 0 saturated carbocycles. The first kappa shape index (κ1) is 16.2. The van der Waals surface area contributed by atoms with Gasteiger partial charge in [0.25, 0.3) is 0 Å². The molecule has 0 aliphatic rings. The van der Waals surface area contributed by atoms with E-state index in [1.165, 1.54) is 0 Å². The van der Waals surface area contributed by atoms with Crippen LogP contribution in [0, 0.1) is 0 Å². The molecule has 6 heteroatoms. The number of nitrogens with one attached hydrogen (secondary N) is 1. The zero-order valence-corrected chi connectivity index (χ0v) is 13.9. The maximum Gasteiger partial charge on any atom is 0.325 e. The van der Waals surface area contributed by atoms with Crippen LogP contribution in [0.25, 0.3) is 22.2 Å². The maximum absolute atomic E-state index is 11.5. The first-order valence-corrected chi connectivity index (χ1v) is 7.97. The number of anilines is 1. The molecule has 5 nitrogen and oxygen atoms in total. The highest BCUT2D eigenvalue weighted by Gasteiger charge is 2.11. The molecule has 24 heavy (non-hydrogen) atoms. The van der Waals surface area contributed by atoms with Crippen LogP contribution >= 0.6 is 11.6 Å². The molecule has 0 spiro atoms. The molecule has 0 fully saturated rings. The lowest BCUT2D eigenvalue weighted by Crippen LogP contribution is -2.18. The summed E-state index contributed by atoms with van der Waals surface area (Å²) < 4.78 is 4.91. The SMILES string of the molecule is CCOC(=O)CNc1nc(-c2ccccc2)c2cc(Cl)ccc2n1. The van der Waals surface area contributed by atoms with Crippen LogP contribution in [-0.2, 0) is 9.53 Å². The van der Waals surface area contributed by atoms with Gasteiger partial charge in [-0.25, -0.2) is 9.97 Å². The number of hydrogen-bond donors (Lipinski definition) is 1. The van der Waals surface area contributed by atoms with E-state index in [9.17, 15) is 4.79 Å². The number of benzene rings is 2. The van der Waals surface area contributed by atoms with E-state index < -0.39 is 0 Å². The number of aromatic nitrogens is 2. The van der Waals surface area contributed by atoms with Gasteiger partial charge < -0.3 is 10.1 Å². The molecule has 0 bridgehead atoms. The standard InChI is InChI=1S/C18H16ClN3O2/c1-2-24-16(23)11-20-18-21-15-9-8-13(19)10-14(15)17(22-18)12-6-4-3-5-7-12/h3-10H,2,11H2,1H3,(H,20,21,22). The van der Waals surface area contributed by atoms with Crippen LogP contribution in [0.2, 0.25) is 5.02 Å². The van der Waals surface area contributed by atoms with Crippen molar-refractivity contribution in [3.8, 4) is 11.3 Å². The molecular weight excluding hydrogens is 326 g/mol. The third kappa shape index (κ3) is 3.63. The maximum atomic E-state index is 11.5. The molecule has 0 unspecified atom stereocenters. The smallest absolute Gasteiger partial charge is 0.325 e. The number of fused-ring (bicyclic) bond motifs is 1. The molecule has 0 saturated heterocycles. The summed E-state index contributed by atoms with van der Waals surface area (Å²) in [5, 5.41) is 4.39. The number of rotatable bonds is 5. The summed E-state index contributed by atoms with van der Waals surface area (Å²) in [6.07, 6.45) is 0. The summed E-state index contributed by atoms with van der Waals surface area (Å²) in [7, 11) is 0. The number of ether oxygens (including phenoxy) is 1. The summed E-state index contributed by atoms with van der Waals surface area (Å²) in [5.74, 6) is 0.0234. The zero-order valence-electron chi connectivity index (χ0n) is 13.1. The van der Waals surface area contributed by atoms with Crippen molar-refractivity contribution >= 4 is 34.4 Å². The minimum Gasteiger partial charge on any atom is -0.465 e.